The number of alkyl carbamates (subject to hydrolysis) is 2. The number of thiazole rings is 2. The van der Waals surface area contributed by atoms with Gasteiger partial charge in [-0.3, -0.25) is 0 Å². The molecule has 2 heterocycles. The number of anilines is 2. The van der Waals surface area contributed by atoms with E-state index in [0.29, 0.717) is 51.1 Å². The van der Waals surface area contributed by atoms with Crippen molar-refractivity contribution in [3.8, 4) is 20.9 Å². The van der Waals surface area contributed by atoms with Crippen LogP contribution < -0.4 is 41.3 Å². The molecule has 2 aromatic heterocycles. The van der Waals surface area contributed by atoms with E-state index < -0.39 is 55.4 Å². The standard InChI is InChI=1S/C66H88N10O10S4/c1-41(2)85-63(79)73-49-26-22-47(23-27-49)59-67-39-55(87-59)54-33-31-52(36-58(54)90(83,84)76-66(8,9)10)72-62(78)70-38-46-20-18-44(19-21-46)34-42(3)16-17-43(4)86-64(80)74-50-28-24-48(25-29-50)60-68-40-56(88-60)53-32-30-51(35-57(53)89(81,82)75-65(5,6)7)71-61(77)69-37-45-14-12-11-13-15-45/h11-15,18-21,30-33,35-36,39-43,47-50,75-76H,16-17,22-29,34,37-38H2,1-10H3,(H,73,79)(H,74,80)(H2,69,71,77)(H2,70,72,78)/t42-,43?,47?,48?,49?,50?/m1/s1. The van der Waals surface area contributed by atoms with Crippen molar-refractivity contribution in [2.45, 2.75) is 210 Å². The normalized spacial score (nSPS) is 18.0. The lowest BCUT2D eigenvalue weighted by atomic mass is 9.86. The third-order valence-corrected chi connectivity index (χ3v) is 21.4. The second-order valence-corrected chi connectivity index (χ2v) is 31.5. The molecule has 2 aliphatic rings. The van der Waals surface area contributed by atoms with Crippen LogP contribution in [0.3, 0.4) is 0 Å². The summed E-state index contributed by atoms with van der Waals surface area (Å²) in [7, 11) is -8.07. The predicted molar refractivity (Wildman–Crippen MR) is 356 cm³/mol. The molecule has 0 saturated heterocycles. The number of urea groups is 2. The highest BCUT2D eigenvalue weighted by molar-refractivity contribution is 7.90. The van der Waals surface area contributed by atoms with Crippen LogP contribution in [-0.2, 0) is 49.0 Å². The maximum atomic E-state index is 14.0. The zero-order valence-electron chi connectivity index (χ0n) is 53.2. The van der Waals surface area contributed by atoms with Gasteiger partial charge in [0.2, 0.25) is 20.0 Å². The molecule has 6 aromatic rings. The van der Waals surface area contributed by atoms with Gasteiger partial charge >= 0.3 is 24.2 Å². The molecular weight excluding hydrogens is 1220 g/mol. The van der Waals surface area contributed by atoms with Crippen LogP contribution in [0, 0.1) is 5.92 Å². The molecule has 4 aromatic carbocycles. The minimum atomic E-state index is -4.05. The second kappa shape index (κ2) is 30.4. The highest BCUT2D eigenvalue weighted by Crippen LogP contribution is 2.42. The van der Waals surface area contributed by atoms with Crippen LogP contribution in [0.5, 0.6) is 0 Å². The Hall–Kier alpha value is -6.96. The molecule has 2 atom stereocenters. The lowest BCUT2D eigenvalue weighted by Crippen LogP contribution is -2.40. The lowest BCUT2D eigenvalue weighted by molar-refractivity contribution is 0.0934. The molecule has 2 aliphatic carbocycles. The molecule has 2 fully saturated rings. The van der Waals surface area contributed by atoms with Gasteiger partial charge in [-0.1, -0.05) is 73.7 Å². The number of benzene rings is 4. The Bertz CT molecular complexity index is 3640. The van der Waals surface area contributed by atoms with Crippen molar-refractivity contribution in [1.29, 1.82) is 0 Å². The van der Waals surface area contributed by atoms with E-state index in [1.165, 1.54) is 34.8 Å². The van der Waals surface area contributed by atoms with Crippen molar-refractivity contribution in [3.05, 3.63) is 130 Å². The topological polar surface area (TPSA) is 277 Å². The third kappa shape index (κ3) is 20.8. The van der Waals surface area contributed by atoms with E-state index in [-0.39, 0.29) is 52.5 Å². The van der Waals surface area contributed by atoms with E-state index in [1.807, 2.05) is 75.4 Å². The van der Waals surface area contributed by atoms with Crippen LogP contribution in [-0.4, -0.2) is 86.4 Å². The first-order valence-electron chi connectivity index (χ1n) is 31.0. The van der Waals surface area contributed by atoms with Crippen molar-refractivity contribution >= 4 is 78.3 Å². The number of rotatable bonds is 23. The summed E-state index contributed by atoms with van der Waals surface area (Å²) in [6.07, 6.45) is 10.7. The molecule has 6 amide bonds. The lowest BCUT2D eigenvalue weighted by Gasteiger charge is -2.28. The zero-order chi connectivity index (χ0) is 65.0. The van der Waals surface area contributed by atoms with Crippen LogP contribution in [0.2, 0.25) is 0 Å². The second-order valence-electron chi connectivity index (χ2n) is 26.1. The van der Waals surface area contributed by atoms with Crippen LogP contribution >= 0.6 is 22.7 Å². The van der Waals surface area contributed by atoms with Gasteiger partial charge in [0, 0.05) is 83.0 Å². The quantitative estimate of drug-likeness (QED) is 0.0297. The predicted octanol–water partition coefficient (Wildman–Crippen LogP) is 13.7. The summed E-state index contributed by atoms with van der Waals surface area (Å²) in [6, 6.07) is 26.3. The summed E-state index contributed by atoms with van der Waals surface area (Å²) >= 11 is 2.91. The average Bonchev–Trinajstić information content (AvgIpc) is 1.33. The fraction of sp³-hybridized carbons (Fsp3) is 0.485. The molecule has 8 N–H and O–H groups in total. The number of carbonyl (C=O) groups is 4. The number of carbonyl (C=O) groups excluding carboxylic acids is 4. The number of nitrogens with zero attached hydrogens (tertiary/aromatic N) is 2. The maximum absolute atomic E-state index is 14.0. The smallest absolute Gasteiger partial charge is 0.407 e. The van der Waals surface area contributed by atoms with Crippen LogP contribution in [0.4, 0.5) is 30.6 Å². The first-order valence-corrected chi connectivity index (χ1v) is 35.6. The van der Waals surface area contributed by atoms with E-state index >= 15 is 0 Å². The maximum Gasteiger partial charge on any atom is 0.407 e. The Labute approximate surface area is 538 Å². The number of aromatic nitrogens is 2. The monoisotopic (exact) mass is 1310 g/mol. The van der Waals surface area contributed by atoms with Crippen molar-refractivity contribution in [2.24, 2.45) is 5.92 Å². The first-order chi connectivity index (χ1) is 42.5. The van der Waals surface area contributed by atoms with Gasteiger partial charge in [-0.2, -0.15) is 0 Å². The minimum absolute atomic E-state index is 0.0235. The molecule has 0 aliphatic heterocycles. The number of sulfonamides is 2. The molecule has 0 radical (unpaired) electrons. The fourth-order valence-electron chi connectivity index (χ4n) is 11.1. The fourth-order valence-corrected chi connectivity index (χ4v) is 16.8. The molecule has 486 valence electrons. The summed E-state index contributed by atoms with van der Waals surface area (Å²) in [4.78, 5) is 62.3. The van der Waals surface area contributed by atoms with Gasteiger partial charge in [-0.15, -0.1) is 22.7 Å². The Kier molecular flexibility index (Phi) is 23.3. The highest BCUT2D eigenvalue weighted by atomic mass is 32.2. The number of nitrogens with one attached hydrogen (secondary N) is 8. The Morgan fingerprint density at radius 3 is 1.40 bits per heavy atom. The molecule has 20 nitrogen and oxygen atoms in total. The summed E-state index contributed by atoms with van der Waals surface area (Å²) in [5, 5.41) is 19.2. The molecule has 1 unspecified atom stereocenters. The Morgan fingerprint density at radius 2 is 0.967 bits per heavy atom. The molecule has 0 spiro atoms. The molecule has 2 saturated carbocycles. The SMILES string of the molecule is CC(C)OC(=O)NC1CCC(c2ncc(-c3ccc(NC(=O)NCc4ccc(C[C@H](C)CCC(C)OC(=O)NC5CCC(c6ncc(-c7ccc(NC(=O)NCc8ccccc8)cc7S(=O)(=O)NC(C)(C)C)s6)CC5)cc4)cc3S(=O)(=O)NC(C)(C)C)s2)CC1. The van der Waals surface area contributed by atoms with E-state index in [9.17, 15) is 36.0 Å². The molecule has 90 heavy (non-hydrogen) atoms. The van der Waals surface area contributed by atoms with E-state index in [4.69, 9.17) is 19.4 Å². The van der Waals surface area contributed by atoms with E-state index in [1.54, 1.807) is 78.2 Å². The van der Waals surface area contributed by atoms with Gasteiger partial charge in [-0.25, -0.2) is 55.4 Å². The number of hydrogen-bond donors (Lipinski definition) is 8. The Morgan fingerprint density at radius 1 is 0.544 bits per heavy atom. The van der Waals surface area contributed by atoms with E-state index in [0.717, 1.165) is 90.9 Å². The van der Waals surface area contributed by atoms with Crippen molar-refractivity contribution in [2.75, 3.05) is 10.6 Å². The van der Waals surface area contributed by atoms with Gasteiger partial charge in [-0.05, 0) is 180 Å². The number of ether oxygens (including phenoxy) is 2. The zero-order valence-corrected chi connectivity index (χ0v) is 56.4. The molecule has 24 heteroatoms. The van der Waals surface area contributed by atoms with Crippen LogP contribution in [0.25, 0.3) is 20.9 Å². The number of hydrogen-bond acceptors (Lipinski definition) is 14. The van der Waals surface area contributed by atoms with Gasteiger partial charge < -0.3 is 41.4 Å². The molecule has 0 bridgehead atoms. The first kappa shape index (κ1) is 68.9. The largest absolute Gasteiger partial charge is 0.447 e. The minimum Gasteiger partial charge on any atom is -0.447 e. The summed E-state index contributed by atoms with van der Waals surface area (Å²) < 4.78 is 72.3. The summed E-state index contributed by atoms with van der Waals surface area (Å²) in [5.74, 6) is 0.621. The van der Waals surface area contributed by atoms with Gasteiger partial charge in [0.1, 0.15) is 6.10 Å². The molecule has 8 rings (SSSR count). The average molecular weight is 1310 g/mol. The Balaban J connectivity index is 0.760. The summed E-state index contributed by atoms with van der Waals surface area (Å²) in [6.45, 7) is 18.9. The third-order valence-electron chi connectivity index (χ3n) is 15.4. The number of amides is 6. The van der Waals surface area contributed by atoms with Gasteiger partial charge in [0.15, 0.2) is 0 Å². The van der Waals surface area contributed by atoms with Crippen LogP contribution in [0.15, 0.2) is 113 Å². The van der Waals surface area contributed by atoms with Gasteiger partial charge in [0.25, 0.3) is 0 Å². The van der Waals surface area contributed by atoms with Crippen molar-refractivity contribution in [1.82, 2.24) is 40.7 Å². The molecular formula is C66H88N10O10S4. The van der Waals surface area contributed by atoms with Crippen molar-refractivity contribution in [3.63, 3.8) is 0 Å². The van der Waals surface area contributed by atoms with Crippen molar-refractivity contribution < 1.29 is 45.5 Å². The summed E-state index contributed by atoms with van der Waals surface area (Å²) in [5.41, 5.74) is 3.03. The highest BCUT2D eigenvalue weighted by Gasteiger charge is 2.32. The van der Waals surface area contributed by atoms with E-state index in [2.05, 4.69) is 48.3 Å². The van der Waals surface area contributed by atoms with Crippen LogP contribution in [0.1, 0.15) is 172 Å². The van der Waals surface area contributed by atoms with Gasteiger partial charge in [0.05, 0.1) is 35.7 Å².